The zero-order valence-electron chi connectivity index (χ0n) is 9.10. The highest BCUT2D eigenvalue weighted by Crippen LogP contribution is 2.26. The number of thioether (sulfide) groups is 1. The molecule has 0 aromatic carbocycles. The summed E-state index contributed by atoms with van der Waals surface area (Å²) < 4.78 is 0.733. The molecule has 0 amide bonds. The van der Waals surface area contributed by atoms with Crippen LogP contribution in [-0.4, -0.2) is 38.1 Å². The molecule has 5 heteroatoms. The maximum atomic E-state index is 10.5. The first kappa shape index (κ1) is 12.8. The second-order valence-electron chi connectivity index (χ2n) is 3.98. The van der Waals surface area contributed by atoms with Crippen molar-refractivity contribution in [1.82, 2.24) is 4.90 Å². The summed E-state index contributed by atoms with van der Waals surface area (Å²) in [4.78, 5) is 12.6. The number of carbonyl (C=O) groups is 1. The van der Waals surface area contributed by atoms with Crippen LogP contribution in [0.1, 0.15) is 33.1 Å². The van der Waals surface area contributed by atoms with Gasteiger partial charge in [-0.15, -0.1) is 0 Å². The molecule has 3 nitrogen and oxygen atoms in total. The van der Waals surface area contributed by atoms with Gasteiger partial charge in [0.25, 0.3) is 0 Å². The van der Waals surface area contributed by atoms with Crippen molar-refractivity contribution in [1.29, 1.82) is 0 Å². The van der Waals surface area contributed by atoms with E-state index >= 15 is 0 Å². The highest BCUT2D eigenvalue weighted by Gasteiger charge is 2.26. The highest BCUT2D eigenvalue weighted by molar-refractivity contribution is 8.23. The SMILES string of the molecule is C[C@@H]1CCC[C@@H](C)N1C(=S)SCC(=O)O. The van der Waals surface area contributed by atoms with Gasteiger partial charge in [-0.05, 0) is 33.1 Å². The number of carboxylic acids is 1. The van der Waals surface area contributed by atoms with Crippen molar-refractivity contribution in [2.45, 2.75) is 45.2 Å². The number of likely N-dealkylation sites (tertiary alicyclic amines) is 1. The maximum absolute atomic E-state index is 10.5. The van der Waals surface area contributed by atoms with Crippen LogP contribution in [0.4, 0.5) is 0 Å². The zero-order chi connectivity index (χ0) is 11.4. The largest absolute Gasteiger partial charge is 0.481 e. The van der Waals surface area contributed by atoms with E-state index in [1.54, 1.807) is 0 Å². The quantitative estimate of drug-likeness (QED) is 0.759. The lowest BCUT2D eigenvalue weighted by atomic mass is 9.99. The first-order valence-corrected chi connectivity index (χ1v) is 6.58. The van der Waals surface area contributed by atoms with E-state index < -0.39 is 5.97 Å². The standard InChI is InChI=1S/C10H17NO2S2/c1-7-4-3-5-8(2)11(7)10(14)15-6-9(12)13/h7-8H,3-6H2,1-2H3,(H,12,13)/t7-,8-/m1/s1. The van der Waals surface area contributed by atoms with Crippen molar-refractivity contribution < 1.29 is 9.90 Å². The summed E-state index contributed by atoms with van der Waals surface area (Å²) >= 11 is 6.53. The normalized spacial score (nSPS) is 26.4. The smallest absolute Gasteiger partial charge is 0.313 e. The minimum Gasteiger partial charge on any atom is -0.481 e. The molecule has 0 bridgehead atoms. The van der Waals surface area contributed by atoms with Gasteiger partial charge in [0.15, 0.2) is 0 Å². The Morgan fingerprint density at radius 2 is 2.00 bits per heavy atom. The molecular formula is C10H17NO2S2. The lowest BCUT2D eigenvalue weighted by molar-refractivity contribution is -0.133. The fourth-order valence-electron chi connectivity index (χ4n) is 1.98. The molecule has 0 spiro atoms. The summed E-state index contributed by atoms with van der Waals surface area (Å²) in [5.74, 6) is -0.742. The average Bonchev–Trinajstić information content (AvgIpc) is 2.14. The molecule has 1 heterocycles. The molecule has 0 aromatic heterocycles. The number of rotatable bonds is 2. The molecule has 2 atom stereocenters. The summed E-state index contributed by atoms with van der Waals surface area (Å²) in [6, 6.07) is 0.894. The number of thiocarbonyl (C=S) groups is 1. The van der Waals surface area contributed by atoms with Crippen LogP contribution in [0.15, 0.2) is 0 Å². The third-order valence-corrected chi connectivity index (χ3v) is 4.14. The lowest BCUT2D eigenvalue weighted by Gasteiger charge is -2.40. The van der Waals surface area contributed by atoms with E-state index in [9.17, 15) is 4.79 Å². The van der Waals surface area contributed by atoms with Crippen LogP contribution in [0.5, 0.6) is 0 Å². The molecule has 0 aliphatic carbocycles. The predicted molar refractivity (Wildman–Crippen MR) is 67.3 cm³/mol. The minimum absolute atomic E-state index is 0.0643. The van der Waals surface area contributed by atoms with Crippen molar-refractivity contribution in [3.05, 3.63) is 0 Å². The first-order valence-electron chi connectivity index (χ1n) is 5.19. The maximum Gasteiger partial charge on any atom is 0.313 e. The van der Waals surface area contributed by atoms with Crippen LogP contribution in [0.2, 0.25) is 0 Å². The van der Waals surface area contributed by atoms with Crippen molar-refractivity contribution >= 4 is 34.3 Å². The van der Waals surface area contributed by atoms with Crippen molar-refractivity contribution in [3.63, 3.8) is 0 Å². The van der Waals surface area contributed by atoms with Gasteiger partial charge in [0.2, 0.25) is 0 Å². The van der Waals surface area contributed by atoms with Gasteiger partial charge in [-0.25, -0.2) is 0 Å². The van der Waals surface area contributed by atoms with Gasteiger partial charge in [-0.1, -0.05) is 24.0 Å². The third kappa shape index (κ3) is 3.65. The molecule has 1 fully saturated rings. The fourth-order valence-corrected chi connectivity index (χ4v) is 3.27. The van der Waals surface area contributed by atoms with Gasteiger partial charge in [0.05, 0.1) is 5.75 Å². The number of carboxylic acid groups (broad SMARTS) is 1. The predicted octanol–water partition coefficient (Wildman–Crippen LogP) is 2.35. The second-order valence-corrected chi connectivity index (χ2v) is 5.59. The lowest BCUT2D eigenvalue weighted by Crippen LogP contribution is -2.45. The molecular weight excluding hydrogens is 230 g/mol. The Labute approximate surface area is 100 Å². The number of hydrogen-bond acceptors (Lipinski definition) is 3. The van der Waals surface area contributed by atoms with Gasteiger partial charge >= 0.3 is 5.97 Å². The average molecular weight is 247 g/mol. The van der Waals surface area contributed by atoms with E-state index in [0.29, 0.717) is 12.1 Å². The van der Waals surface area contributed by atoms with Crippen LogP contribution < -0.4 is 0 Å². The Kier molecular flexibility index (Phi) is 4.86. The molecule has 1 saturated heterocycles. The zero-order valence-corrected chi connectivity index (χ0v) is 10.7. The Morgan fingerprint density at radius 3 is 2.47 bits per heavy atom. The minimum atomic E-state index is -0.806. The molecule has 0 unspecified atom stereocenters. The van der Waals surface area contributed by atoms with Crippen LogP contribution in [0.3, 0.4) is 0 Å². The molecule has 15 heavy (non-hydrogen) atoms. The Hall–Kier alpha value is -0.290. The molecule has 86 valence electrons. The van der Waals surface area contributed by atoms with Crippen LogP contribution in [0.25, 0.3) is 0 Å². The van der Waals surface area contributed by atoms with Gasteiger partial charge < -0.3 is 10.0 Å². The third-order valence-electron chi connectivity index (χ3n) is 2.72. The van der Waals surface area contributed by atoms with Crippen molar-refractivity contribution in [2.24, 2.45) is 0 Å². The van der Waals surface area contributed by atoms with E-state index in [4.69, 9.17) is 17.3 Å². The molecule has 0 radical (unpaired) electrons. The van der Waals surface area contributed by atoms with Gasteiger partial charge in [-0.3, -0.25) is 4.79 Å². The summed E-state index contributed by atoms with van der Waals surface area (Å²) in [6.07, 6.45) is 3.54. The highest BCUT2D eigenvalue weighted by atomic mass is 32.2. The van der Waals surface area contributed by atoms with E-state index in [-0.39, 0.29) is 5.75 Å². The van der Waals surface area contributed by atoms with E-state index in [1.165, 1.54) is 18.2 Å². The monoisotopic (exact) mass is 247 g/mol. The van der Waals surface area contributed by atoms with Crippen molar-refractivity contribution in [3.8, 4) is 0 Å². The topological polar surface area (TPSA) is 40.5 Å². The summed E-state index contributed by atoms with van der Waals surface area (Å²) in [5, 5.41) is 8.59. The Bertz CT molecular complexity index is 248. The van der Waals surface area contributed by atoms with Gasteiger partial charge in [0, 0.05) is 12.1 Å². The van der Waals surface area contributed by atoms with E-state index in [2.05, 4.69) is 18.7 Å². The summed E-state index contributed by atoms with van der Waals surface area (Å²) in [7, 11) is 0. The number of nitrogens with zero attached hydrogens (tertiary/aromatic N) is 1. The van der Waals surface area contributed by atoms with E-state index in [1.807, 2.05) is 0 Å². The summed E-state index contributed by atoms with van der Waals surface area (Å²) in [6.45, 7) is 4.31. The first-order chi connectivity index (χ1) is 7.02. The number of piperidine rings is 1. The molecule has 1 N–H and O–H groups in total. The second kappa shape index (κ2) is 5.70. The number of hydrogen-bond donors (Lipinski definition) is 1. The Morgan fingerprint density at radius 1 is 1.47 bits per heavy atom. The molecule has 1 aliphatic heterocycles. The summed E-state index contributed by atoms with van der Waals surface area (Å²) in [5.41, 5.74) is 0. The van der Waals surface area contributed by atoms with Crippen molar-refractivity contribution in [2.75, 3.05) is 5.75 Å². The molecule has 1 aliphatic rings. The van der Waals surface area contributed by atoms with Gasteiger partial charge in [-0.2, -0.15) is 0 Å². The molecule has 1 rings (SSSR count). The van der Waals surface area contributed by atoms with E-state index in [0.717, 1.165) is 17.2 Å². The fraction of sp³-hybridized carbons (Fsp3) is 0.800. The Balaban J connectivity index is 2.51. The molecule has 0 aromatic rings. The molecule has 0 saturated carbocycles. The van der Waals surface area contributed by atoms with Crippen LogP contribution in [0, 0.1) is 0 Å². The number of aliphatic carboxylic acids is 1. The van der Waals surface area contributed by atoms with Gasteiger partial charge in [0.1, 0.15) is 4.32 Å². The van der Waals surface area contributed by atoms with Crippen LogP contribution in [-0.2, 0) is 4.79 Å². The van der Waals surface area contributed by atoms with Crippen LogP contribution >= 0.6 is 24.0 Å².